The predicted molar refractivity (Wildman–Crippen MR) is 46.5 cm³/mol. The Balaban J connectivity index is 2.43. The maximum atomic E-state index is 10.9. The van der Waals surface area contributed by atoms with Crippen molar-refractivity contribution in [3.8, 4) is 0 Å². The van der Waals surface area contributed by atoms with Gasteiger partial charge in [0.25, 0.3) is 0 Å². The Bertz CT molecular complexity index is 143. The summed E-state index contributed by atoms with van der Waals surface area (Å²) in [5.74, 6) is 0.356. The molecule has 0 saturated heterocycles. The van der Waals surface area contributed by atoms with Crippen LogP contribution < -0.4 is 0 Å². The molecule has 0 spiro atoms. The summed E-state index contributed by atoms with van der Waals surface area (Å²) in [7, 11) is 0. The number of rotatable bonds is 2. The molecule has 0 radical (unpaired) electrons. The van der Waals surface area contributed by atoms with Gasteiger partial charge in [0, 0.05) is 6.42 Å². The van der Waals surface area contributed by atoms with Crippen molar-refractivity contribution in [2.75, 3.05) is 0 Å². The number of hydrogen-bond donors (Lipinski definition) is 0. The molecule has 1 fully saturated rings. The third-order valence-corrected chi connectivity index (χ3v) is 2.74. The molecular weight excluding hydrogens is 136 g/mol. The molecular formula is C10H18O. The summed E-state index contributed by atoms with van der Waals surface area (Å²) >= 11 is 0. The molecule has 1 heteroatoms. The van der Waals surface area contributed by atoms with Crippen molar-refractivity contribution in [2.24, 2.45) is 5.41 Å². The van der Waals surface area contributed by atoms with E-state index in [1.54, 1.807) is 6.92 Å². The molecule has 1 nitrogen and oxygen atoms in total. The maximum absolute atomic E-state index is 10.9. The van der Waals surface area contributed by atoms with E-state index in [9.17, 15) is 4.79 Å². The normalized spacial score (nSPS) is 23.1. The largest absolute Gasteiger partial charge is 0.300 e. The number of carbonyl (C=O) groups excluding carboxylic acids is 1. The van der Waals surface area contributed by atoms with Gasteiger partial charge < -0.3 is 4.79 Å². The summed E-state index contributed by atoms with van der Waals surface area (Å²) in [4.78, 5) is 10.9. The van der Waals surface area contributed by atoms with Crippen LogP contribution in [0.1, 0.15) is 52.4 Å². The van der Waals surface area contributed by atoms with E-state index in [1.807, 2.05) is 0 Å². The molecule has 0 N–H and O–H groups in total. The van der Waals surface area contributed by atoms with E-state index < -0.39 is 0 Å². The van der Waals surface area contributed by atoms with Crippen LogP contribution in [0, 0.1) is 5.41 Å². The Morgan fingerprint density at radius 2 is 1.82 bits per heavy atom. The van der Waals surface area contributed by atoms with Crippen LogP contribution in [0.2, 0.25) is 0 Å². The summed E-state index contributed by atoms with van der Waals surface area (Å²) in [6, 6.07) is 0. The first kappa shape index (κ1) is 8.76. The Morgan fingerprint density at radius 1 is 1.27 bits per heavy atom. The third kappa shape index (κ3) is 2.64. The molecule has 0 amide bonds. The highest BCUT2D eigenvalue weighted by Crippen LogP contribution is 2.38. The van der Waals surface area contributed by atoms with E-state index in [-0.39, 0.29) is 0 Å². The van der Waals surface area contributed by atoms with E-state index in [4.69, 9.17) is 0 Å². The first-order valence-corrected chi connectivity index (χ1v) is 4.62. The predicted octanol–water partition coefficient (Wildman–Crippen LogP) is 2.94. The second-order valence-corrected chi connectivity index (χ2v) is 4.25. The van der Waals surface area contributed by atoms with Gasteiger partial charge in [0.15, 0.2) is 0 Å². The van der Waals surface area contributed by atoms with Crippen molar-refractivity contribution in [2.45, 2.75) is 52.4 Å². The Hall–Kier alpha value is -0.330. The first-order valence-electron chi connectivity index (χ1n) is 4.62. The van der Waals surface area contributed by atoms with E-state index in [2.05, 4.69) is 6.92 Å². The maximum Gasteiger partial charge on any atom is 0.130 e. The lowest BCUT2D eigenvalue weighted by Crippen LogP contribution is -2.22. The summed E-state index contributed by atoms with van der Waals surface area (Å²) < 4.78 is 0. The first-order chi connectivity index (χ1) is 5.12. The lowest BCUT2D eigenvalue weighted by atomic mass is 9.73. The fourth-order valence-corrected chi connectivity index (χ4v) is 2.18. The van der Waals surface area contributed by atoms with Crippen molar-refractivity contribution in [3.63, 3.8) is 0 Å². The zero-order valence-electron chi connectivity index (χ0n) is 7.65. The molecule has 64 valence electrons. The summed E-state index contributed by atoms with van der Waals surface area (Å²) in [6.07, 6.45) is 7.33. The highest BCUT2D eigenvalue weighted by atomic mass is 16.1. The van der Waals surface area contributed by atoms with Crippen LogP contribution in [0.25, 0.3) is 0 Å². The smallest absolute Gasteiger partial charge is 0.130 e. The molecule has 0 atom stereocenters. The SMILES string of the molecule is CC(=O)CC1(C)CCCCC1. The molecule has 0 aromatic heterocycles. The fraction of sp³-hybridized carbons (Fsp3) is 0.900. The van der Waals surface area contributed by atoms with Gasteiger partial charge in [-0.25, -0.2) is 0 Å². The molecule has 0 heterocycles. The number of hydrogen-bond acceptors (Lipinski definition) is 1. The van der Waals surface area contributed by atoms with Crippen LogP contribution in [-0.4, -0.2) is 5.78 Å². The highest BCUT2D eigenvalue weighted by Gasteiger charge is 2.27. The highest BCUT2D eigenvalue weighted by molar-refractivity contribution is 5.76. The van der Waals surface area contributed by atoms with Crippen molar-refractivity contribution in [1.82, 2.24) is 0 Å². The quantitative estimate of drug-likeness (QED) is 0.597. The van der Waals surface area contributed by atoms with Gasteiger partial charge in [-0.3, -0.25) is 0 Å². The van der Waals surface area contributed by atoms with Crippen molar-refractivity contribution < 1.29 is 4.79 Å². The molecule has 11 heavy (non-hydrogen) atoms. The molecule has 1 saturated carbocycles. The van der Waals surface area contributed by atoms with E-state index in [0.29, 0.717) is 11.2 Å². The topological polar surface area (TPSA) is 17.1 Å². The van der Waals surface area contributed by atoms with Crippen LogP contribution >= 0.6 is 0 Å². The lowest BCUT2D eigenvalue weighted by Gasteiger charge is -2.32. The van der Waals surface area contributed by atoms with Gasteiger partial charge in [-0.15, -0.1) is 0 Å². The third-order valence-electron chi connectivity index (χ3n) is 2.74. The average molecular weight is 154 g/mol. The monoisotopic (exact) mass is 154 g/mol. The van der Waals surface area contributed by atoms with Crippen LogP contribution in [0.4, 0.5) is 0 Å². The van der Waals surface area contributed by atoms with Crippen molar-refractivity contribution in [1.29, 1.82) is 0 Å². The average Bonchev–Trinajstić information content (AvgIpc) is 1.85. The molecule has 0 aliphatic heterocycles. The Kier molecular flexibility index (Phi) is 2.69. The lowest BCUT2D eigenvalue weighted by molar-refractivity contribution is -0.119. The fourth-order valence-electron chi connectivity index (χ4n) is 2.18. The van der Waals surface area contributed by atoms with Gasteiger partial charge in [0.05, 0.1) is 0 Å². The standard InChI is InChI=1S/C10H18O/c1-9(11)8-10(2)6-4-3-5-7-10/h3-8H2,1-2H3. The molecule has 0 unspecified atom stereocenters. The van der Waals surface area contributed by atoms with Gasteiger partial charge in [-0.1, -0.05) is 26.2 Å². The van der Waals surface area contributed by atoms with Crippen LogP contribution in [-0.2, 0) is 4.79 Å². The van der Waals surface area contributed by atoms with Crippen LogP contribution in [0.5, 0.6) is 0 Å². The summed E-state index contributed by atoms with van der Waals surface area (Å²) in [6.45, 7) is 3.97. The zero-order chi connectivity index (χ0) is 8.32. The van der Waals surface area contributed by atoms with E-state index in [0.717, 1.165) is 6.42 Å². The second-order valence-electron chi connectivity index (χ2n) is 4.25. The van der Waals surface area contributed by atoms with Gasteiger partial charge in [-0.2, -0.15) is 0 Å². The van der Waals surface area contributed by atoms with Crippen LogP contribution in [0.15, 0.2) is 0 Å². The Morgan fingerprint density at radius 3 is 2.27 bits per heavy atom. The van der Waals surface area contributed by atoms with Gasteiger partial charge >= 0.3 is 0 Å². The summed E-state index contributed by atoms with van der Waals surface area (Å²) in [5.41, 5.74) is 0.351. The minimum atomic E-state index is 0.351. The van der Waals surface area contributed by atoms with E-state index in [1.165, 1.54) is 32.1 Å². The molecule has 1 aliphatic rings. The second kappa shape index (κ2) is 3.38. The van der Waals surface area contributed by atoms with Gasteiger partial charge in [-0.05, 0) is 25.2 Å². The van der Waals surface area contributed by atoms with Crippen LogP contribution in [0.3, 0.4) is 0 Å². The minimum Gasteiger partial charge on any atom is -0.300 e. The van der Waals surface area contributed by atoms with Gasteiger partial charge in [0.2, 0.25) is 0 Å². The molecule has 1 rings (SSSR count). The minimum absolute atomic E-state index is 0.351. The zero-order valence-corrected chi connectivity index (χ0v) is 7.65. The van der Waals surface area contributed by atoms with Crippen molar-refractivity contribution in [3.05, 3.63) is 0 Å². The molecule has 0 aromatic carbocycles. The van der Waals surface area contributed by atoms with Crippen molar-refractivity contribution >= 4 is 5.78 Å². The van der Waals surface area contributed by atoms with E-state index >= 15 is 0 Å². The van der Waals surface area contributed by atoms with Gasteiger partial charge in [0.1, 0.15) is 5.78 Å². The Labute approximate surface area is 69.2 Å². The number of carbonyl (C=O) groups is 1. The molecule has 1 aliphatic carbocycles. The molecule has 0 bridgehead atoms. The summed E-state index contributed by atoms with van der Waals surface area (Å²) in [5, 5.41) is 0. The molecule has 0 aromatic rings. The number of Topliss-reactive ketones (excluding diaryl/α,β-unsaturated/α-hetero) is 1. The number of ketones is 1.